The Kier molecular flexibility index (Phi) is 6.06. The molecule has 8 heteroatoms. The summed E-state index contributed by atoms with van der Waals surface area (Å²) in [6.45, 7) is 1.53. The molecule has 1 aliphatic rings. The van der Waals surface area contributed by atoms with Crippen LogP contribution >= 0.6 is 27.3 Å². The van der Waals surface area contributed by atoms with Crippen LogP contribution in [0.1, 0.15) is 12.0 Å². The Hall–Kier alpha value is -1.74. The van der Waals surface area contributed by atoms with Gasteiger partial charge in [0, 0.05) is 32.6 Å². The minimum Gasteiger partial charge on any atom is -0.340 e. The van der Waals surface area contributed by atoms with Crippen LogP contribution in [0.2, 0.25) is 0 Å². The number of benzene rings is 2. The van der Waals surface area contributed by atoms with Crippen LogP contribution in [0.4, 0.5) is 0 Å². The molecule has 0 atom stereocenters. The van der Waals surface area contributed by atoms with Crippen molar-refractivity contribution in [1.82, 2.24) is 9.21 Å². The number of piperazine rings is 1. The number of nitrogens with zero attached hydrogens (tertiary/aromatic N) is 2. The van der Waals surface area contributed by atoms with Gasteiger partial charge in [-0.3, -0.25) is 4.79 Å². The van der Waals surface area contributed by atoms with Gasteiger partial charge in [0.1, 0.15) is 4.21 Å². The predicted octanol–water partition coefficient (Wildman–Crippen LogP) is 4.13. The topological polar surface area (TPSA) is 57.7 Å². The molecule has 1 aliphatic heterocycles. The standard InChI is InChI=1S/C21H21BrN2O3S2/c22-19-8-10-21(28-19)29(26,27)24-13-11-23(12-14-24)20(25)9-6-16-5-7-17-3-1-2-4-18(17)15-16/h1-5,7-8,10,15H,6,9,11-14H2. The summed E-state index contributed by atoms with van der Waals surface area (Å²) in [6.07, 6.45) is 1.12. The molecule has 5 nitrogen and oxygen atoms in total. The molecule has 0 unspecified atom stereocenters. The molecule has 0 N–H and O–H groups in total. The van der Waals surface area contributed by atoms with Crippen molar-refractivity contribution >= 4 is 54.0 Å². The molecule has 4 rings (SSSR count). The van der Waals surface area contributed by atoms with E-state index in [-0.39, 0.29) is 5.91 Å². The third-order valence-electron chi connectivity index (χ3n) is 5.18. The smallest absolute Gasteiger partial charge is 0.252 e. The molecular formula is C21H21BrN2O3S2. The van der Waals surface area contributed by atoms with Gasteiger partial charge in [-0.05, 0) is 50.8 Å². The highest BCUT2D eigenvalue weighted by Crippen LogP contribution is 2.29. The van der Waals surface area contributed by atoms with E-state index in [0.29, 0.717) is 43.2 Å². The van der Waals surface area contributed by atoms with Crippen molar-refractivity contribution in [3.8, 4) is 0 Å². The zero-order valence-electron chi connectivity index (χ0n) is 15.8. The summed E-state index contributed by atoms with van der Waals surface area (Å²) in [5, 5.41) is 2.37. The zero-order chi connectivity index (χ0) is 20.4. The van der Waals surface area contributed by atoms with Gasteiger partial charge in [0.2, 0.25) is 5.91 Å². The Labute approximate surface area is 183 Å². The van der Waals surface area contributed by atoms with Gasteiger partial charge in [-0.15, -0.1) is 11.3 Å². The van der Waals surface area contributed by atoms with Crippen LogP contribution in [0.15, 0.2) is 62.6 Å². The van der Waals surface area contributed by atoms with Crippen molar-refractivity contribution < 1.29 is 13.2 Å². The number of thiophene rings is 1. The number of halogens is 1. The highest BCUT2D eigenvalue weighted by atomic mass is 79.9. The van der Waals surface area contributed by atoms with Crippen molar-refractivity contribution in [2.75, 3.05) is 26.2 Å². The van der Waals surface area contributed by atoms with Crippen molar-refractivity contribution in [3.63, 3.8) is 0 Å². The molecule has 1 amide bonds. The van der Waals surface area contributed by atoms with E-state index in [1.165, 1.54) is 26.4 Å². The van der Waals surface area contributed by atoms with Gasteiger partial charge in [0.25, 0.3) is 10.0 Å². The monoisotopic (exact) mass is 492 g/mol. The van der Waals surface area contributed by atoms with E-state index in [1.807, 2.05) is 12.1 Å². The molecule has 0 radical (unpaired) electrons. The van der Waals surface area contributed by atoms with Crippen LogP contribution in [-0.2, 0) is 21.2 Å². The first-order valence-corrected chi connectivity index (χ1v) is 12.5. The van der Waals surface area contributed by atoms with Crippen LogP contribution in [0.25, 0.3) is 10.8 Å². The molecule has 1 aromatic heterocycles. The van der Waals surface area contributed by atoms with Gasteiger partial charge in [0.15, 0.2) is 0 Å². The molecule has 2 aromatic carbocycles. The van der Waals surface area contributed by atoms with Crippen molar-refractivity contribution in [2.24, 2.45) is 0 Å². The fourth-order valence-corrected chi connectivity index (χ4v) is 7.13. The van der Waals surface area contributed by atoms with Gasteiger partial charge in [-0.1, -0.05) is 42.5 Å². The number of hydrogen-bond donors (Lipinski definition) is 0. The van der Waals surface area contributed by atoms with Gasteiger partial charge < -0.3 is 4.90 Å². The average Bonchev–Trinajstić information content (AvgIpc) is 3.19. The quantitative estimate of drug-likeness (QED) is 0.537. The summed E-state index contributed by atoms with van der Waals surface area (Å²) in [7, 11) is -3.48. The predicted molar refractivity (Wildman–Crippen MR) is 120 cm³/mol. The van der Waals surface area contributed by atoms with Crippen molar-refractivity contribution in [3.05, 3.63) is 63.9 Å². The lowest BCUT2D eigenvalue weighted by atomic mass is 10.0. The Bertz CT molecular complexity index is 1140. The Balaban J connectivity index is 1.33. The van der Waals surface area contributed by atoms with E-state index in [0.717, 1.165) is 9.35 Å². The second kappa shape index (κ2) is 8.55. The SMILES string of the molecule is O=C(CCc1ccc2ccccc2c1)N1CCN(S(=O)(=O)c2ccc(Br)s2)CC1. The van der Waals surface area contributed by atoms with E-state index >= 15 is 0 Å². The fourth-order valence-electron chi connectivity index (χ4n) is 3.55. The number of aryl methyl sites for hydroxylation is 1. The number of carbonyl (C=O) groups is 1. The van der Waals surface area contributed by atoms with E-state index in [2.05, 4.69) is 46.3 Å². The minimum absolute atomic E-state index is 0.0778. The highest BCUT2D eigenvalue weighted by molar-refractivity contribution is 9.11. The molecule has 152 valence electrons. The van der Waals surface area contributed by atoms with Crippen LogP contribution < -0.4 is 0 Å². The average molecular weight is 493 g/mol. The van der Waals surface area contributed by atoms with Gasteiger partial charge in [0.05, 0.1) is 3.79 Å². The molecule has 1 fully saturated rings. The number of carbonyl (C=O) groups excluding carboxylic acids is 1. The summed E-state index contributed by atoms with van der Waals surface area (Å²) >= 11 is 4.52. The van der Waals surface area contributed by atoms with E-state index in [4.69, 9.17) is 0 Å². The normalized spacial score (nSPS) is 15.7. The first kappa shape index (κ1) is 20.5. The first-order chi connectivity index (χ1) is 13.9. The maximum Gasteiger partial charge on any atom is 0.252 e. The largest absolute Gasteiger partial charge is 0.340 e. The first-order valence-electron chi connectivity index (χ1n) is 9.44. The summed E-state index contributed by atoms with van der Waals surface area (Å²) in [4.78, 5) is 14.4. The molecule has 0 spiro atoms. The lowest BCUT2D eigenvalue weighted by molar-refractivity contribution is -0.132. The number of rotatable bonds is 5. The van der Waals surface area contributed by atoms with Crippen LogP contribution in [-0.4, -0.2) is 49.7 Å². The summed E-state index contributed by atoms with van der Waals surface area (Å²) in [6, 6.07) is 17.8. The Morgan fingerprint density at radius 1 is 0.966 bits per heavy atom. The molecule has 3 aromatic rings. The molecule has 29 heavy (non-hydrogen) atoms. The summed E-state index contributed by atoms with van der Waals surface area (Å²) in [5.74, 6) is 0.0778. The van der Waals surface area contributed by atoms with Crippen LogP contribution in [0, 0.1) is 0 Å². The minimum atomic E-state index is -3.48. The van der Waals surface area contributed by atoms with Gasteiger partial charge in [-0.25, -0.2) is 8.42 Å². The van der Waals surface area contributed by atoms with Gasteiger partial charge >= 0.3 is 0 Å². The third kappa shape index (κ3) is 4.55. The Morgan fingerprint density at radius 2 is 1.69 bits per heavy atom. The summed E-state index contributed by atoms with van der Waals surface area (Å²) in [5.41, 5.74) is 1.14. The highest BCUT2D eigenvalue weighted by Gasteiger charge is 2.30. The number of fused-ring (bicyclic) bond motifs is 1. The number of hydrogen-bond acceptors (Lipinski definition) is 4. The molecule has 2 heterocycles. The fraction of sp³-hybridized carbons (Fsp3) is 0.286. The Morgan fingerprint density at radius 3 is 2.38 bits per heavy atom. The van der Waals surface area contributed by atoms with Crippen LogP contribution in [0.5, 0.6) is 0 Å². The van der Waals surface area contributed by atoms with E-state index in [9.17, 15) is 13.2 Å². The second-order valence-corrected chi connectivity index (χ2v) is 11.7. The molecular weight excluding hydrogens is 472 g/mol. The molecule has 0 saturated carbocycles. The van der Waals surface area contributed by atoms with Crippen molar-refractivity contribution in [2.45, 2.75) is 17.1 Å². The van der Waals surface area contributed by atoms with Crippen molar-refractivity contribution in [1.29, 1.82) is 0 Å². The maximum atomic E-state index is 12.7. The lowest BCUT2D eigenvalue weighted by Gasteiger charge is -2.33. The zero-order valence-corrected chi connectivity index (χ0v) is 19.0. The van der Waals surface area contributed by atoms with E-state index in [1.54, 1.807) is 17.0 Å². The van der Waals surface area contributed by atoms with Gasteiger partial charge in [-0.2, -0.15) is 4.31 Å². The maximum absolute atomic E-state index is 12.7. The number of sulfonamides is 1. The molecule has 0 bridgehead atoms. The molecule has 1 saturated heterocycles. The lowest BCUT2D eigenvalue weighted by Crippen LogP contribution is -2.50. The van der Waals surface area contributed by atoms with Crippen LogP contribution in [0.3, 0.4) is 0 Å². The number of amides is 1. The third-order valence-corrected chi connectivity index (χ3v) is 9.17. The second-order valence-electron chi connectivity index (χ2n) is 7.02. The van der Waals surface area contributed by atoms with E-state index < -0.39 is 10.0 Å². The summed E-state index contributed by atoms with van der Waals surface area (Å²) < 4.78 is 28.0. The molecule has 0 aliphatic carbocycles.